The van der Waals surface area contributed by atoms with Crippen LogP contribution in [0, 0.1) is 0 Å². The van der Waals surface area contributed by atoms with Crippen LogP contribution in [0.1, 0.15) is 52.9 Å². The summed E-state index contributed by atoms with van der Waals surface area (Å²) in [6.45, 7) is 6.43. The highest BCUT2D eigenvalue weighted by Crippen LogP contribution is 2.38. The van der Waals surface area contributed by atoms with Crippen LogP contribution in [0.4, 0.5) is 0 Å². The molecule has 0 rings (SSSR count). The lowest BCUT2D eigenvalue weighted by Gasteiger charge is -2.33. The molecule has 0 N–H and O–H groups in total. The SMILES string of the molecule is [B]B([B])C(C)(CCC)CCCC. The third-order valence-electron chi connectivity index (χ3n) is 2.73. The maximum absolute atomic E-state index is 5.78. The summed E-state index contributed by atoms with van der Waals surface area (Å²) in [6.07, 6.45) is 5.94. The standard InChI is InChI=1S/C9H19B3/c1-4-6-8-9(3,7-5-2)12(10)11/h4-8H2,1-3H3. The molecular weight excluding hydrogens is 141 g/mol. The molecule has 0 aromatic rings. The van der Waals surface area contributed by atoms with Crippen molar-refractivity contribution >= 4 is 22.0 Å². The zero-order valence-corrected chi connectivity index (χ0v) is 8.77. The fraction of sp³-hybridized carbons (Fsp3) is 1.00. The second-order valence-corrected chi connectivity index (χ2v) is 4.03. The van der Waals surface area contributed by atoms with E-state index in [0.717, 1.165) is 12.8 Å². The van der Waals surface area contributed by atoms with Gasteiger partial charge in [-0.25, -0.2) is 0 Å². The van der Waals surface area contributed by atoms with Gasteiger partial charge in [-0.15, -0.1) is 0 Å². The van der Waals surface area contributed by atoms with Gasteiger partial charge in [0.15, 0.2) is 0 Å². The summed E-state index contributed by atoms with van der Waals surface area (Å²) >= 11 is 0. The van der Waals surface area contributed by atoms with E-state index in [9.17, 15) is 0 Å². The zero-order valence-electron chi connectivity index (χ0n) is 8.77. The van der Waals surface area contributed by atoms with Crippen molar-refractivity contribution in [1.29, 1.82) is 0 Å². The molecule has 0 amide bonds. The smallest absolute Gasteiger partial charge is 0.0527 e. The Balaban J connectivity index is 3.99. The fourth-order valence-electron chi connectivity index (χ4n) is 1.61. The Morgan fingerprint density at radius 1 is 1.08 bits per heavy atom. The van der Waals surface area contributed by atoms with Gasteiger partial charge in [-0.05, 0) is 0 Å². The maximum atomic E-state index is 5.78. The molecule has 4 radical (unpaired) electrons. The van der Waals surface area contributed by atoms with Gasteiger partial charge in [0.25, 0.3) is 0 Å². The molecule has 0 saturated heterocycles. The lowest BCUT2D eigenvalue weighted by Crippen LogP contribution is -2.32. The first-order valence-corrected chi connectivity index (χ1v) is 5.08. The van der Waals surface area contributed by atoms with Gasteiger partial charge in [0.1, 0.15) is 0 Å². The molecule has 0 aliphatic heterocycles. The van der Waals surface area contributed by atoms with Crippen LogP contribution in [0.2, 0.25) is 5.31 Å². The average molecular weight is 160 g/mol. The van der Waals surface area contributed by atoms with Crippen molar-refractivity contribution in [3.63, 3.8) is 0 Å². The van der Waals surface area contributed by atoms with Crippen molar-refractivity contribution in [3.8, 4) is 0 Å². The summed E-state index contributed by atoms with van der Waals surface area (Å²) in [6, 6.07) is 0. The third kappa shape index (κ3) is 3.73. The van der Waals surface area contributed by atoms with E-state index in [2.05, 4.69) is 20.8 Å². The van der Waals surface area contributed by atoms with Gasteiger partial charge >= 0.3 is 0 Å². The molecular formula is C9H19B3. The molecule has 0 fully saturated rings. The summed E-state index contributed by atoms with van der Waals surface area (Å²) in [5, 5.41) is 0.157. The fourth-order valence-corrected chi connectivity index (χ4v) is 1.61. The molecule has 0 nitrogen and oxygen atoms in total. The van der Waals surface area contributed by atoms with E-state index in [1.165, 1.54) is 19.3 Å². The summed E-state index contributed by atoms with van der Waals surface area (Å²) in [5.41, 5.74) is 0. The number of rotatable bonds is 6. The van der Waals surface area contributed by atoms with E-state index < -0.39 is 0 Å². The molecule has 0 aromatic heterocycles. The molecule has 0 heterocycles. The van der Waals surface area contributed by atoms with Gasteiger partial charge in [0, 0.05) is 15.5 Å². The molecule has 0 aliphatic rings. The van der Waals surface area contributed by atoms with Crippen LogP contribution in [0.25, 0.3) is 0 Å². The van der Waals surface area contributed by atoms with E-state index in [1.54, 1.807) is 0 Å². The van der Waals surface area contributed by atoms with Gasteiger partial charge in [-0.3, -0.25) is 0 Å². The molecule has 0 aromatic carbocycles. The Bertz CT molecular complexity index is 114. The van der Waals surface area contributed by atoms with Crippen molar-refractivity contribution in [2.24, 2.45) is 0 Å². The predicted molar refractivity (Wildman–Crippen MR) is 60.1 cm³/mol. The Hall–Kier alpha value is 0.195. The first-order chi connectivity index (χ1) is 5.56. The Kier molecular flexibility index (Phi) is 5.87. The molecule has 1 atom stereocenters. The van der Waals surface area contributed by atoms with Gasteiger partial charge in [-0.1, -0.05) is 58.2 Å². The Morgan fingerprint density at radius 2 is 1.67 bits per heavy atom. The quantitative estimate of drug-likeness (QED) is 0.523. The van der Waals surface area contributed by atoms with Crippen molar-refractivity contribution in [1.82, 2.24) is 0 Å². The minimum absolute atomic E-state index is 0.157. The number of hydrogen-bond donors (Lipinski definition) is 0. The van der Waals surface area contributed by atoms with Crippen molar-refractivity contribution in [3.05, 3.63) is 0 Å². The number of hydrogen-bond acceptors (Lipinski definition) is 0. The Morgan fingerprint density at radius 3 is 2.00 bits per heavy atom. The lowest BCUT2D eigenvalue weighted by molar-refractivity contribution is 0.484. The predicted octanol–water partition coefficient (Wildman–Crippen LogP) is 2.56. The van der Waals surface area contributed by atoms with Gasteiger partial charge in [0.2, 0.25) is 0 Å². The average Bonchev–Trinajstić information content (AvgIpc) is 2.01. The third-order valence-corrected chi connectivity index (χ3v) is 2.73. The van der Waals surface area contributed by atoms with E-state index in [1.807, 2.05) is 0 Å². The molecule has 0 saturated carbocycles. The molecule has 12 heavy (non-hydrogen) atoms. The van der Waals surface area contributed by atoms with Crippen LogP contribution >= 0.6 is 0 Å². The van der Waals surface area contributed by atoms with Gasteiger partial charge < -0.3 is 0 Å². The lowest BCUT2D eigenvalue weighted by atomic mass is 9.09. The van der Waals surface area contributed by atoms with E-state index >= 15 is 0 Å². The van der Waals surface area contributed by atoms with Crippen LogP contribution < -0.4 is 0 Å². The normalized spacial score (nSPS) is 15.6. The summed E-state index contributed by atoms with van der Waals surface area (Å²) in [4.78, 5) is 0. The molecule has 0 aliphatic carbocycles. The van der Waals surface area contributed by atoms with E-state index in [-0.39, 0.29) is 11.8 Å². The van der Waals surface area contributed by atoms with Crippen LogP contribution in [-0.4, -0.2) is 22.0 Å². The largest absolute Gasteiger partial charge is 0.0705 e. The summed E-state index contributed by atoms with van der Waals surface area (Å²) in [7, 11) is 11.6. The highest BCUT2D eigenvalue weighted by molar-refractivity contribution is 7.30. The second kappa shape index (κ2) is 5.77. The molecule has 0 spiro atoms. The minimum Gasteiger partial charge on any atom is -0.0705 e. The van der Waals surface area contributed by atoms with E-state index in [4.69, 9.17) is 15.5 Å². The molecule has 0 bridgehead atoms. The highest BCUT2D eigenvalue weighted by Gasteiger charge is 2.26. The van der Waals surface area contributed by atoms with Crippen molar-refractivity contribution in [2.45, 2.75) is 58.2 Å². The van der Waals surface area contributed by atoms with Crippen molar-refractivity contribution in [2.75, 3.05) is 0 Å². The van der Waals surface area contributed by atoms with Gasteiger partial charge in [0.05, 0.1) is 6.49 Å². The van der Waals surface area contributed by atoms with E-state index in [0.29, 0.717) is 0 Å². The van der Waals surface area contributed by atoms with Crippen LogP contribution in [-0.2, 0) is 0 Å². The number of unbranched alkanes of at least 4 members (excludes halogenated alkanes) is 1. The van der Waals surface area contributed by atoms with Gasteiger partial charge in [-0.2, -0.15) is 0 Å². The monoisotopic (exact) mass is 160 g/mol. The molecule has 1 unspecified atom stereocenters. The van der Waals surface area contributed by atoms with Crippen molar-refractivity contribution < 1.29 is 0 Å². The maximum Gasteiger partial charge on any atom is 0.0527 e. The topological polar surface area (TPSA) is 0 Å². The minimum atomic E-state index is -0.163. The molecule has 3 heteroatoms. The Labute approximate surface area is 80.8 Å². The van der Waals surface area contributed by atoms with Crippen LogP contribution in [0.3, 0.4) is 0 Å². The zero-order chi connectivity index (χ0) is 9.61. The summed E-state index contributed by atoms with van der Waals surface area (Å²) < 4.78 is 0. The summed E-state index contributed by atoms with van der Waals surface area (Å²) in [5.74, 6) is 0. The first kappa shape index (κ1) is 12.2. The highest BCUT2D eigenvalue weighted by atomic mass is 14.2. The molecule has 64 valence electrons. The first-order valence-electron chi connectivity index (χ1n) is 5.08. The second-order valence-electron chi connectivity index (χ2n) is 4.03. The van der Waals surface area contributed by atoms with Crippen LogP contribution in [0.5, 0.6) is 0 Å². The van der Waals surface area contributed by atoms with Crippen LogP contribution in [0.15, 0.2) is 0 Å².